The van der Waals surface area contributed by atoms with Crippen LogP contribution in [0.5, 0.6) is 0 Å². The van der Waals surface area contributed by atoms with E-state index in [4.69, 9.17) is 10.6 Å². The van der Waals surface area contributed by atoms with Crippen molar-refractivity contribution in [2.75, 3.05) is 6.61 Å². The number of hydrogen-bond donors (Lipinski definition) is 2. The standard InChI is InChI=1S/C14H30N2O/c1-4-6-9-13(16-15)14(17-5-2)10-7-8-12(3)11-14/h12-13,16H,4-11,15H2,1-3H3. The molecule has 0 bridgehead atoms. The number of unbranched alkanes of at least 4 members (excludes halogenated alkanes) is 1. The van der Waals surface area contributed by atoms with E-state index < -0.39 is 0 Å². The molecule has 0 spiro atoms. The molecule has 17 heavy (non-hydrogen) atoms. The molecule has 3 unspecified atom stereocenters. The molecule has 3 atom stereocenters. The van der Waals surface area contributed by atoms with Crippen LogP contribution in [-0.4, -0.2) is 18.2 Å². The molecule has 0 radical (unpaired) electrons. The predicted molar refractivity (Wildman–Crippen MR) is 72.6 cm³/mol. The van der Waals surface area contributed by atoms with Crippen LogP contribution in [0.2, 0.25) is 0 Å². The van der Waals surface area contributed by atoms with Gasteiger partial charge in [-0.3, -0.25) is 11.3 Å². The van der Waals surface area contributed by atoms with Crippen molar-refractivity contribution in [2.45, 2.75) is 77.4 Å². The summed E-state index contributed by atoms with van der Waals surface area (Å²) in [6, 6.07) is 0.310. The molecule has 1 saturated carbocycles. The molecule has 0 heterocycles. The molecular formula is C14H30N2O. The van der Waals surface area contributed by atoms with E-state index in [1.54, 1.807) is 0 Å². The van der Waals surface area contributed by atoms with Gasteiger partial charge in [0.25, 0.3) is 0 Å². The van der Waals surface area contributed by atoms with Gasteiger partial charge in [0.1, 0.15) is 0 Å². The summed E-state index contributed by atoms with van der Waals surface area (Å²) < 4.78 is 6.15. The van der Waals surface area contributed by atoms with Crippen LogP contribution in [0.3, 0.4) is 0 Å². The Hall–Kier alpha value is -0.120. The average molecular weight is 242 g/mol. The van der Waals surface area contributed by atoms with E-state index in [0.717, 1.165) is 31.8 Å². The van der Waals surface area contributed by atoms with Gasteiger partial charge in [-0.15, -0.1) is 0 Å². The second kappa shape index (κ2) is 7.34. The minimum absolute atomic E-state index is 0.0175. The molecule has 3 N–H and O–H groups in total. The first kappa shape index (κ1) is 14.9. The molecule has 0 aromatic carbocycles. The third-order valence-electron chi connectivity index (χ3n) is 4.11. The highest BCUT2D eigenvalue weighted by Crippen LogP contribution is 2.38. The molecule has 0 saturated heterocycles. The summed E-state index contributed by atoms with van der Waals surface area (Å²) in [7, 11) is 0. The molecule has 1 aliphatic carbocycles. The van der Waals surface area contributed by atoms with Gasteiger partial charge in [0.2, 0.25) is 0 Å². The van der Waals surface area contributed by atoms with Crippen molar-refractivity contribution >= 4 is 0 Å². The van der Waals surface area contributed by atoms with E-state index in [1.807, 2.05) is 0 Å². The highest BCUT2D eigenvalue weighted by molar-refractivity contribution is 4.96. The number of ether oxygens (including phenoxy) is 1. The quantitative estimate of drug-likeness (QED) is 0.533. The number of nitrogens with two attached hydrogens (primary N) is 1. The van der Waals surface area contributed by atoms with Gasteiger partial charge < -0.3 is 4.74 Å². The molecule has 3 heteroatoms. The van der Waals surface area contributed by atoms with Gasteiger partial charge in [-0.2, -0.15) is 0 Å². The van der Waals surface area contributed by atoms with Crippen LogP contribution in [0.4, 0.5) is 0 Å². The van der Waals surface area contributed by atoms with E-state index in [2.05, 4.69) is 26.2 Å². The highest BCUT2D eigenvalue weighted by Gasteiger charge is 2.41. The van der Waals surface area contributed by atoms with Crippen molar-refractivity contribution in [1.82, 2.24) is 5.43 Å². The lowest BCUT2D eigenvalue weighted by Crippen LogP contribution is -2.56. The normalized spacial score (nSPS) is 31.4. The summed E-state index contributed by atoms with van der Waals surface area (Å²) in [6.45, 7) is 7.44. The van der Waals surface area contributed by atoms with Crippen molar-refractivity contribution in [3.05, 3.63) is 0 Å². The lowest BCUT2D eigenvalue weighted by atomic mass is 9.73. The molecular weight excluding hydrogens is 212 g/mol. The monoisotopic (exact) mass is 242 g/mol. The Balaban J connectivity index is 2.72. The summed E-state index contributed by atoms with van der Waals surface area (Å²) in [5.74, 6) is 6.53. The largest absolute Gasteiger partial charge is 0.374 e. The third-order valence-corrected chi connectivity index (χ3v) is 4.11. The Kier molecular flexibility index (Phi) is 6.45. The molecule has 0 amide bonds. The van der Waals surface area contributed by atoms with Gasteiger partial charge in [0.15, 0.2) is 0 Å². The van der Waals surface area contributed by atoms with Crippen molar-refractivity contribution < 1.29 is 4.74 Å². The van der Waals surface area contributed by atoms with Crippen molar-refractivity contribution in [2.24, 2.45) is 11.8 Å². The molecule has 1 rings (SSSR count). The summed E-state index contributed by atoms with van der Waals surface area (Å²) in [5.41, 5.74) is 3.01. The average Bonchev–Trinajstić information content (AvgIpc) is 2.30. The number of hydrogen-bond acceptors (Lipinski definition) is 3. The van der Waals surface area contributed by atoms with E-state index in [0.29, 0.717) is 6.04 Å². The Bertz CT molecular complexity index is 206. The maximum Gasteiger partial charge on any atom is 0.0850 e. The topological polar surface area (TPSA) is 47.3 Å². The van der Waals surface area contributed by atoms with Gasteiger partial charge >= 0.3 is 0 Å². The summed E-state index contributed by atoms with van der Waals surface area (Å²) >= 11 is 0. The van der Waals surface area contributed by atoms with E-state index >= 15 is 0 Å². The lowest BCUT2D eigenvalue weighted by Gasteiger charge is -2.45. The first-order valence-corrected chi connectivity index (χ1v) is 7.28. The van der Waals surface area contributed by atoms with Crippen LogP contribution in [0, 0.1) is 5.92 Å². The van der Waals surface area contributed by atoms with Gasteiger partial charge in [-0.25, -0.2) is 0 Å². The SMILES string of the molecule is CCCCC(NN)C1(OCC)CCCC(C)C1. The number of hydrazine groups is 1. The molecule has 0 aliphatic heterocycles. The summed E-state index contributed by atoms with van der Waals surface area (Å²) in [5, 5.41) is 0. The second-order valence-electron chi connectivity index (χ2n) is 5.56. The Labute approximate surface area is 106 Å². The van der Waals surface area contributed by atoms with Crippen molar-refractivity contribution in [3.8, 4) is 0 Å². The van der Waals surface area contributed by atoms with Gasteiger partial charge in [0, 0.05) is 6.61 Å². The molecule has 0 aromatic heterocycles. The smallest absolute Gasteiger partial charge is 0.0850 e. The maximum absolute atomic E-state index is 6.15. The van der Waals surface area contributed by atoms with Crippen LogP contribution in [0.25, 0.3) is 0 Å². The Morgan fingerprint density at radius 2 is 2.24 bits per heavy atom. The zero-order valence-corrected chi connectivity index (χ0v) is 11.8. The van der Waals surface area contributed by atoms with E-state index in [9.17, 15) is 0 Å². The fourth-order valence-corrected chi connectivity index (χ4v) is 3.29. The van der Waals surface area contributed by atoms with Gasteiger partial charge in [0.05, 0.1) is 11.6 Å². The maximum atomic E-state index is 6.15. The van der Waals surface area contributed by atoms with Crippen molar-refractivity contribution in [3.63, 3.8) is 0 Å². The predicted octanol–water partition coefficient (Wildman–Crippen LogP) is 2.99. The van der Waals surface area contributed by atoms with Crippen LogP contribution in [0.15, 0.2) is 0 Å². The minimum atomic E-state index is -0.0175. The highest BCUT2D eigenvalue weighted by atomic mass is 16.5. The van der Waals surface area contributed by atoms with Crippen LogP contribution in [0.1, 0.15) is 65.7 Å². The zero-order valence-electron chi connectivity index (χ0n) is 11.8. The van der Waals surface area contributed by atoms with Crippen LogP contribution < -0.4 is 11.3 Å². The number of nitrogens with one attached hydrogen (secondary N) is 1. The fourth-order valence-electron chi connectivity index (χ4n) is 3.29. The second-order valence-corrected chi connectivity index (χ2v) is 5.56. The molecule has 3 nitrogen and oxygen atoms in total. The first-order chi connectivity index (χ1) is 8.18. The molecule has 0 aromatic rings. The molecule has 1 aliphatic rings. The zero-order chi connectivity index (χ0) is 12.7. The minimum Gasteiger partial charge on any atom is -0.374 e. The molecule has 102 valence electrons. The van der Waals surface area contributed by atoms with Gasteiger partial charge in [-0.1, -0.05) is 39.5 Å². The van der Waals surface area contributed by atoms with Gasteiger partial charge in [-0.05, 0) is 32.1 Å². The van der Waals surface area contributed by atoms with Crippen LogP contribution in [-0.2, 0) is 4.74 Å². The van der Waals surface area contributed by atoms with E-state index in [1.165, 1.54) is 25.7 Å². The lowest BCUT2D eigenvalue weighted by molar-refractivity contribution is -0.102. The van der Waals surface area contributed by atoms with Crippen molar-refractivity contribution in [1.29, 1.82) is 0 Å². The Morgan fingerprint density at radius 1 is 1.47 bits per heavy atom. The fraction of sp³-hybridized carbons (Fsp3) is 1.00. The van der Waals surface area contributed by atoms with Crippen LogP contribution >= 0.6 is 0 Å². The Morgan fingerprint density at radius 3 is 2.76 bits per heavy atom. The third kappa shape index (κ3) is 3.94. The number of rotatable bonds is 7. The van der Waals surface area contributed by atoms with E-state index in [-0.39, 0.29) is 5.60 Å². The summed E-state index contributed by atoms with van der Waals surface area (Å²) in [6.07, 6.45) is 8.47. The molecule has 1 fully saturated rings. The first-order valence-electron chi connectivity index (χ1n) is 7.28. The summed E-state index contributed by atoms with van der Waals surface area (Å²) in [4.78, 5) is 0.